The van der Waals surface area contributed by atoms with E-state index in [9.17, 15) is 5.11 Å². The summed E-state index contributed by atoms with van der Waals surface area (Å²) in [6.45, 7) is 5.61. The van der Waals surface area contributed by atoms with Crippen LogP contribution in [-0.4, -0.2) is 36.2 Å². The second-order valence-electron chi connectivity index (χ2n) is 6.15. The lowest BCUT2D eigenvalue weighted by atomic mass is 9.87. The highest BCUT2D eigenvalue weighted by molar-refractivity contribution is 5.24. The van der Waals surface area contributed by atoms with Gasteiger partial charge in [0.15, 0.2) is 0 Å². The first-order valence-electron chi connectivity index (χ1n) is 7.85. The average molecular weight is 276 g/mol. The number of piperidine rings is 1. The summed E-state index contributed by atoms with van der Waals surface area (Å²) in [7, 11) is 0. The number of hydrogen-bond acceptors (Lipinski definition) is 3. The van der Waals surface area contributed by atoms with E-state index in [0.717, 1.165) is 24.4 Å². The minimum absolute atomic E-state index is 0.00204. The molecule has 1 aliphatic rings. The standard InChI is InChI=1S/C17H28N2O/c1-2-15-7-6-11-19(13-15)12-10-17(18,14-20)16-8-4-3-5-9-16/h3-5,8-9,15,20H,2,6-7,10-14,18H2,1H3. The van der Waals surface area contributed by atoms with Gasteiger partial charge in [-0.3, -0.25) is 0 Å². The van der Waals surface area contributed by atoms with Crippen molar-refractivity contribution in [1.82, 2.24) is 4.90 Å². The van der Waals surface area contributed by atoms with Gasteiger partial charge in [0.05, 0.1) is 12.1 Å². The van der Waals surface area contributed by atoms with Crippen LogP contribution in [0.25, 0.3) is 0 Å². The largest absolute Gasteiger partial charge is 0.394 e. The third-order valence-corrected chi connectivity index (χ3v) is 4.69. The summed E-state index contributed by atoms with van der Waals surface area (Å²) >= 11 is 0. The van der Waals surface area contributed by atoms with Crippen LogP contribution in [0, 0.1) is 5.92 Å². The number of benzene rings is 1. The van der Waals surface area contributed by atoms with Gasteiger partial charge < -0.3 is 15.7 Å². The van der Waals surface area contributed by atoms with Gasteiger partial charge in [-0.05, 0) is 37.3 Å². The molecule has 3 nitrogen and oxygen atoms in total. The van der Waals surface area contributed by atoms with Gasteiger partial charge in [-0.2, -0.15) is 0 Å². The summed E-state index contributed by atoms with van der Waals surface area (Å²) in [5, 5.41) is 9.72. The summed E-state index contributed by atoms with van der Waals surface area (Å²) in [5.41, 5.74) is 6.85. The third kappa shape index (κ3) is 3.81. The van der Waals surface area contributed by atoms with Gasteiger partial charge in [0, 0.05) is 13.1 Å². The fraction of sp³-hybridized carbons (Fsp3) is 0.647. The van der Waals surface area contributed by atoms with Crippen molar-refractivity contribution in [2.24, 2.45) is 11.7 Å². The molecule has 1 saturated heterocycles. The Labute approximate surface area is 122 Å². The SMILES string of the molecule is CCC1CCCN(CCC(N)(CO)c2ccccc2)C1. The first-order valence-corrected chi connectivity index (χ1v) is 7.85. The Morgan fingerprint density at radius 3 is 2.75 bits per heavy atom. The Bertz CT molecular complexity index is 395. The maximum Gasteiger partial charge on any atom is 0.0656 e. The number of likely N-dealkylation sites (tertiary alicyclic amines) is 1. The number of nitrogens with zero attached hydrogens (tertiary/aromatic N) is 1. The Balaban J connectivity index is 1.93. The number of aliphatic hydroxyl groups is 1. The van der Waals surface area contributed by atoms with Crippen LogP contribution in [0.1, 0.15) is 38.2 Å². The molecule has 0 amide bonds. The lowest BCUT2D eigenvalue weighted by Gasteiger charge is -2.35. The Morgan fingerprint density at radius 2 is 2.10 bits per heavy atom. The van der Waals surface area contributed by atoms with E-state index in [1.165, 1.54) is 32.4 Å². The van der Waals surface area contributed by atoms with Crippen LogP contribution in [0.4, 0.5) is 0 Å². The van der Waals surface area contributed by atoms with E-state index < -0.39 is 5.54 Å². The molecule has 0 bridgehead atoms. The van der Waals surface area contributed by atoms with Crippen LogP contribution in [0.5, 0.6) is 0 Å². The molecule has 112 valence electrons. The van der Waals surface area contributed by atoms with E-state index in [4.69, 9.17) is 5.73 Å². The van der Waals surface area contributed by atoms with Crippen molar-refractivity contribution >= 4 is 0 Å². The van der Waals surface area contributed by atoms with Crippen molar-refractivity contribution in [3.63, 3.8) is 0 Å². The highest BCUT2D eigenvalue weighted by atomic mass is 16.3. The van der Waals surface area contributed by atoms with Crippen molar-refractivity contribution in [3.8, 4) is 0 Å². The molecule has 1 heterocycles. The lowest BCUT2D eigenvalue weighted by Crippen LogP contribution is -2.45. The molecule has 1 aromatic carbocycles. The highest BCUT2D eigenvalue weighted by Crippen LogP contribution is 2.24. The normalized spacial score (nSPS) is 23.4. The maximum atomic E-state index is 9.72. The molecule has 1 aliphatic heterocycles. The fourth-order valence-electron chi connectivity index (χ4n) is 3.13. The fourth-order valence-corrected chi connectivity index (χ4v) is 3.13. The highest BCUT2D eigenvalue weighted by Gasteiger charge is 2.28. The topological polar surface area (TPSA) is 49.5 Å². The van der Waals surface area contributed by atoms with Crippen molar-refractivity contribution in [2.75, 3.05) is 26.2 Å². The summed E-state index contributed by atoms with van der Waals surface area (Å²) in [6, 6.07) is 9.99. The summed E-state index contributed by atoms with van der Waals surface area (Å²) < 4.78 is 0. The molecule has 0 aliphatic carbocycles. The van der Waals surface area contributed by atoms with Crippen LogP contribution in [0.3, 0.4) is 0 Å². The van der Waals surface area contributed by atoms with E-state index in [-0.39, 0.29) is 6.61 Å². The minimum atomic E-state index is -0.611. The van der Waals surface area contributed by atoms with E-state index >= 15 is 0 Å². The van der Waals surface area contributed by atoms with Gasteiger partial charge in [0.2, 0.25) is 0 Å². The van der Waals surface area contributed by atoms with E-state index in [2.05, 4.69) is 11.8 Å². The Kier molecular flexibility index (Phi) is 5.58. The average Bonchev–Trinajstić information content (AvgIpc) is 2.53. The number of rotatable bonds is 6. The van der Waals surface area contributed by atoms with E-state index in [1.54, 1.807) is 0 Å². The molecule has 1 aromatic rings. The first kappa shape index (κ1) is 15.5. The van der Waals surface area contributed by atoms with Crippen LogP contribution >= 0.6 is 0 Å². The molecule has 3 N–H and O–H groups in total. The van der Waals surface area contributed by atoms with Crippen molar-refractivity contribution in [2.45, 2.75) is 38.1 Å². The van der Waals surface area contributed by atoms with Gasteiger partial charge in [-0.25, -0.2) is 0 Å². The molecule has 2 rings (SSSR count). The number of aliphatic hydroxyl groups excluding tert-OH is 1. The molecule has 20 heavy (non-hydrogen) atoms. The zero-order valence-electron chi connectivity index (χ0n) is 12.6. The third-order valence-electron chi connectivity index (χ3n) is 4.69. The zero-order valence-corrected chi connectivity index (χ0v) is 12.6. The predicted molar refractivity (Wildman–Crippen MR) is 83.5 cm³/mol. The molecular weight excluding hydrogens is 248 g/mol. The molecular formula is C17H28N2O. The molecule has 1 fully saturated rings. The van der Waals surface area contributed by atoms with Gasteiger partial charge >= 0.3 is 0 Å². The number of nitrogens with two attached hydrogens (primary N) is 1. The van der Waals surface area contributed by atoms with Crippen LogP contribution in [0.15, 0.2) is 30.3 Å². The Hall–Kier alpha value is -0.900. The molecule has 3 heteroatoms. The van der Waals surface area contributed by atoms with Gasteiger partial charge in [-0.15, -0.1) is 0 Å². The van der Waals surface area contributed by atoms with E-state index in [1.807, 2.05) is 30.3 Å². The summed E-state index contributed by atoms with van der Waals surface area (Å²) in [4.78, 5) is 2.51. The molecule has 2 atom stereocenters. The maximum absolute atomic E-state index is 9.72. The molecule has 2 unspecified atom stereocenters. The van der Waals surface area contributed by atoms with Gasteiger partial charge in [0.25, 0.3) is 0 Å². The van der Waals surface area contributed by atoms with Crippen molar-refractivity contribution in [1.29, 1.82) is 0 Å². The second-order valence-corrected chi connectivity index (χ2v) is 6.15. The minimum Gasteiger partial charge on any atom is -0.394 e. The smallest absolute Gasteiger partial charge is 0.0656 e. The monoisotopic (exact) mass is 276 g/mol. The second kappa shape index (κ2) is 7.21. The van der Waals surface area contributed by atoms with Gasteiger partial charge in [-0.1, -0.05) is 43.7 Å². The van der Waals surface area contributed by atoms with Crippen LogP contribution in [-0.2, 0) is 5.54 Å². The van der Waals surface area contributed by atoms with Crippen molar-refractivity contribution < 1.29 is 5.11 Å². The molecule has 0 aromatic heterocycles. The summed E-state index contributed by atoms with van der Waals surface area (Å²) in [6.07, 6.45) is 4.73. The van der Waals surface area contributed by atoms with Crippen molar-refractivity contribution in [3.05, 3.63) is 35.9 Å². The zero-order chi connectivity index (χ0) is 14.4. The Morgan fingerprint density at radius 1 is 1.35 bits per heavy atom. The molecule has 0 spiro atoms. The lowest BCUT2D eigenvalue weighted by molar-refractivity contribution is 0.132. The predicted octanol–water partition coefficient (Wildman–Crippen LogP) is 2.35. The number of hydrogen-bond donors (Lipinski definition) is 2. The van der Waals surface area contributed by atoms with Crippen LogP contribution in [0.2, 0.25) is 0 Å². The first-order chi connectivity index (χ1) is 9.68. The van der Waals surface area contributed by atoms with Crippen LogP contribution < -0.4 is 5.73 Å². The quantitative estimate of drug-likeness (QED) is 0.838. The summed E-state index contributed by atoms with van der Waals surface area (Å²) in [5.74, 6) is 0.835. The molecule has 0 radical (unpaired) electrons. The van der Waals surface area contributed by atoms with Gasteiger partial charge in [0.1, 0.15) is 0 Å². The van der Waals surface area contributed by atoms with E-state index in [0.29, 0.717) is 0 Å². The molecule has 0 saturated carbocycles.